The number of ether oxygens (including phenoxy) is 2. The summed E-state index contributed by atoms with van der Waals surface area (Å²) >= 11 is 0. The van der Waals surface area contributed by atoms with Crippen molar-refractivity contribution in [1.82, 2.24) is 0 Å². The van der Waals surface area contributed by atoms with Crippen molar-refractivity contribution in [3.8, 4) is 0 Å². The quantitative estimate of drug-likeness (QED) is 0.393. The molecule has 8 heteroatoms. The maximum atomic E-state index is 12.8. The number of carbonyl (C=O) groups excluding carboxylic acids is 1. The van der Waals surface area contributed by atoms with E-state index in [1.165, 1.54) is 0 Å². The summed E-state index contributed by atoms with van der Waals surface area (Å²) < 4.78 is 55.4. The zero-order chi connectivity index (χ0) is 13.8. The molecule has 0 aliphatic rings. The minimum Gasteiger partial charge on any atom is -0.460 e. The lowest BCUT2D eigenvalue weighted by Gasteiger charge is -2.08. The predicted octanol–water partition coefficient (Wildman–Crippen LogP) is 2.10. The Bertz CT molecular complexity index is 434. The highest BCUT2D eigenvalue weighted by Crippen LogP contribution is 2.16. The average molecular weight is 267 g/mol. The van der Waals surface area contributed by atoms with Crippen molar-refractivity contribution >= 4 is 11.7 Å². The van der Waals surface area contributed by atoms with Crippen molar-refractivity contribution in [1.29, 1.82) is 0 Å². The van der Waals surface area contributed by atoms with Gasteiger partial charge >= 0.3 is 12.3 Å². The van der Waals surface area contributed by atoms with Crippen LogP contribution in [0.4, 0.5) is 23.2 Å². The van der Waals surface area contributed by atoms with Crippen LogP contribution in [0.3, 0.4) is 0 Å². The zero-order valence-corrected chi connectivity index (χ0v) is 8.96. The van der Waals surface area contributed by atoms with Gasteiger partial charge in [-0.1, -0.05) is 0 Å². The van der Waals surface area contributed by atoms with Crippen LogP contribution in [-0.4, -0.2) is 25.5 Å². The summed E-state index contributed by atoms with van der Waals surface area (Å²) in [6.45, 7) is -1.39. The lowest BCUT2D eigenvalue weighted by molar-refractivity contribution is -0.326. The molecule has 2 N–H and O–H groups in total. The molecule has 1 rings (SSSR count). The molecule has 0 saturated carbocycles. The Kier molecular flexibility index (Phi) is 4.49. The zero-order valence-electron chi connectivity index (χ0n) is 8.96. The molecule has 0 aromatic heterocycles. The molecule has 0 atom stereocenters. The van der Waals surface area contributed by atoms with E-state index >= 15 is 0 Å². The largest absolute Gasteiger partial charge is 0.522 e. The van der Waals surface area contributed by atoms with Crippen molar-refractivity contribution in [3.05, 3.63) is 29.6 Å². The second-order valence-electron chi connectivity index (χ2n) is 3.17. The van der Waals surface area contributed by atoms with Crippen molar-refractivity contribution < 1.29 is 31.8 Å². The number of alkyl halides is 3. The van der Waals surface area contributed by atoms with Crippen molar-refractivity contribution in [2.45, 2.75) is 6.36 Å². The molecule has 0 heterocycles. The van der Waals surface area contributed by atoms with E-state index in [1.807, 2.05) is 0 Å². The van der Waals surface area contributed by atoms with Gasteiger partial charge in [-0.05, 0) is 18.2 Å². The van der Waals surface area contributed by atoms with Crippen LogP contribution in [0.25, 0.3) is 0 Å². The molecule has 0 saturated heterocycles. The highest BCUT2D eigenvalue weighted by molar-refractivity contribution is 5.90. The molecule has 1 aromatic rings. The summed E-state index contributed by atoms with van der Waals surface area (Å²) in [6.07, 6.45) is -4.77. The molecular weight excluding hydrogens is 258 g/mol. The van der Waals surface area contributed by atoms with E-state index in [-0.39, 0.29) is 11.3 Å². The number of anilines is 1. The molecule has 18 heavy (non-hydrogen) atoms. The number of rotatable bonds is 4. The minimum absolute atomic E-state index is 0.0547. The number of nitrogen functional groups attached to an aromatic ring is 1. The average Bonchev–Trinajstić information content (AvgIpc) is 2.26. The Morgan fingerprint density at radius 3 is 2.50 bits per heavy atom. The third-order valence-corrected chi connectivity index (χ3v) is 1.81. The van der Waals surface area contributed by atoms with E-state index in [0.29, 0.717) is 0 Å². The normalized spacial score (nSPS) is 11.3. The molecule has 100 valence electrons. The van der Waals surface area contributed by atoms with Gasteiger partial charge in [-0.15, -0.1) is 13.2 Å². The Hall–Kier alpha value is -1.83. The molecule has 0 spiro atoms. The van der Waals surface area contributed by atoms with E-state index in [1.54, 1.807) is 0 Å². The molecular formula is C10H9F4NO3. The molecule has 0 aliphatic heterocycles. The smallest absolute Gasteiger partial charge is 0.460 e. The molecule has 1 aromatic carbocycles. The lowest BCUT2D eigenvalue weighted by atomic mass is 10.2. The van der Waals surface area contributed by atoms with Crippen LogP contribution < -0.4 is 5.73 Å². The van der Waals surface area contributed by atoms with Gasteiger partial charge in [0.2, 0.25) is 0 Å². The van der Waals surface area contributed by atoms with Gasteiger partial charge in [0.15, 0.2) is 0 Å². The highest BCUT2D eigenvalue weighted by Gasteiger charge is 2.28. The van der Waals surface area contributed by atoms with Gasteiger partial charge in [0.1, 0.15) is 12.4 Å². The molecule has 4 nitrogen and oxygen atoms in total. The third kappa shape index (κ3) is 4.58. The number of benzene rings is 1. The van der Waals surface area contributed by atoms with Gasteiger partial charge in [0.25, 0.3) is 0 Å². The Labute approximate surface area is 99.3 Å². The first-order valence-electron chi connectivity index (χ1n) is 4.72. The molecule has 0 unspecified atom stereocenters. The van der Waals surface area contributed by atoms with Crippen LogP contribution in [0, 0.1) is 5.82 Å². The van der Waals surface area contributed by atoms with Crippen LogP contribution in [-0.2, 0) is 9.47 Å². The van der Waals surface area contributed by atoms with E-state index in [2.05, 4.69) is 9.47 Å². The first-order valence-corrected chi connectivity index (χ1v) is 4.72. The molecule has 0 amide bonds. The second-order valence-corrected chi connectivity index (χ2v) is 3.17. The Morgan fingerprint density at radius 1 is 1.28 bits per heavy atom. The maximum absolute atomic E-state index is 12.8. The van der Waals surface area contributed by atoms with Gasteiger partial charge in [-0.3, -0.25) is 4.74 Å². The Balaban J connectivity index is 2.43. The van der Waals surface area contributed by atoms with Crippen molar-refractivity contribution in [3.63, 3.8) is 0 Å². The van der Waals surface area contributed by atoms with Gasteiger partial charge in [0.05, 0.1) is 17.9 Å². The van der Waals surface area contributed by atoms with Crippen LogP contribution in [0.2, 0.25) is 0 Å². The summed E-state index contributed by atoms with van der Waals surface area (Å²) in [5.74, 6) is -1.61. The van der Waals surface area contributed by atoms with Crippen LogP contribution in [0.5, 0.6) is 0 Å². The van der Waals surface area contributed by atoms with E-state index in [0.717, 1.165) is 18.2 Å². The summed E-state index contributed by atoms with van der Waals surface area (Å²) in [7, 11) is 0. The second kappa shape index (κ2) is 5.67. The first kappa shape index (κ1) is 14.2. The van der Waals surface area contributed by atoms with Crippen LogP contribution >= 0.6 is 0 Å². The fraction of sp³-hybridized carbons (Fsp3) is 0.300. The standard InChI is InChI=1S/C10H9F4NO3/c11-7-2-1-6(5-8(7)15)9(16)17-3-4-18-10(12,13)14/h1-2,5H,3-4,15H2. The maximum Gasteiger partial charge on any atom is 0.522 e. The topological polar surface area (TPSA) is 61.6 Å². The Morgan fingerprint density at radius 2 is 1.94 bits per heavy atom. The number of carbonyl (C=O) groups is 1. The molecule has 0 radical (unpaired) electrons. The fourth-order valence-corrected chi connectivity index (χ4v) is 1.05. The predicted molar refractivity (Wildman–Crippen MR) is 53.1 cm³/mol. The lowest BCUT2D eigenvalue weighted by Crippen LogP contribution is -2.18. The van der Waals surface area contributed by atoms with E-state index in [4.69, 9.17) is 5.73 Å². The monoisotopic (exact) mass is 267 g/mol. The number of nitrogens with two attached hydrogens (primary N) is 1. The summed E-state index contributed by atoms with van der Waals surface area (Å²) in [5, 5.41) is 0. The summed E-state index contributed by atoms with van der Waals surface area (Å²) in [4.78, 5) is 11.3. The minimum atomic E-state index is -4.77. The number of esters is 1. The van der Waals surface area contributed by atoms with Gasteiger partial charge in [0, 0.05) is 0 Å². The van der Waals surface area contributed by atoms with Crippen LogP contribution in [0.15, 0.2) is 18.2 Å². The highest BCUT2D eigenvalue weighted by atomic mass is 19.4. The summed E-state index contributed by atoms with van der Waals surface area (Å²) in [6, 6.07) is 3.10. The van der Waals surface area contributed by atoms with Gasteiger partial charge < -0.3 is 10.5 Å². The summed E-state index contributed by atoms with van der Waals surface area (Å²) in [5.41, 5.74) is 4.91. The van der Waals surface area contributed by atoms with E-state index < -0.39 is 31.4 Å². The van der Waals surface area contributed by atoms with Crippen molar-refractivity contribution in [2.75, 3.05) is 18.9 Å². The molecule has 0 aliphatic carbocycles. The molecule has 0 fully saturated rings. The van der Waals surface area contributed by atoms with Crippen LogP contribution in [0.1, 0.15) is 10.4 Å². The molecule has 0 bridgehead atoms. The number of halogens is 4. The fourth-order valence-electron chi connectivity index (χ4n) is 1.05. The van der Waals surface area contributed by atoms with Crippen molar-refractivity contribution in [2.24, 2.45) is 0 Å². The third-order valence-electron chi connectivity index (χ3n) is 1.81. The number of hydrogen-bond acceptors (Lipinski definition) is 4. The first-order chi connectivity index (χ1) is 8.29. The van der Waals surface area contributed by atoms with Gasteiger partial charge in [-0.2, -0.15) is 0 Å². The van der Waals surface area contributed by atoms with E-state index in [9.17, 15) is 22.4 Å². The SMILES string of the molecule is Nc1cc(C(=O)OCCOC(F)(F)F)ccc1F. The number of hydrogen-bond donors (Lipinski definition) is 1. The van der Waals surface area contributed by atoms with Gasteiger partial charge in [-0.25, -0.2) is 9.18 Å².